The first kappa shape index (κ1) is 15.1. The van der Waals surface area contributed by atoms with E-state index < -0.39 is 5.97 Å². The quantitative estimate of drug-likeness (QED) is 0.874. The van der Waals surface area contributed by atoms with Crippen LogP contribution in [0.4, 0.5) is 4.39 Å². The van der Waals surface area contributed by atoms with Crippen molar-refractivity contribution < 1.29 is 14.3 Å². The molecule has 0 spiro atoms. The Morgan fingerprint density at radius 3 is 2.73 bits per heavy atom. The van der Waals surface area contributed by atoms with Crippen molar-refractivity contribution in [2.24, 2.45) is 0 Å². The Kier molecular flexibility index (Phi) is 3.94. The summed E-state index contributed by atoms with van der Waals surface area (Å²) < 4.78 is 16.2. The minimum atomic E-state index is -0.772. The maximum atomic E-state index is 14.0. The van der Waals surface area contributed by atoms with Crippen LogP contribution < -0.4 is 0 Å². The smallest absolute Gasteiger partial charge is 0.305 e. The summed E-state index contributed by atoms with van der Waals surface area (Å²) in [6.45, 7) is 4.24. The van der Waals surface area contributed by atoms with Crippen LogP contribution in [0.2, 0.25) is 0 Å². The molecule has 0 fully saturated rings. The zero-order valence-corrected chi connectivity index (χ0v) is 13.1. The molecule has 1 aromatic heterocycles. The Morgan fingerprint density at radius 1 is 1.36 bits per heavy atom. The van der Waals surface area contributed by atoms with Crippen LogP contribution in [0.5, 0.6) is 0 Å². The molecular formula is C18H22FNO2. The lowest BCUT2D eigenvalue weighted by Crippen LogP contribution is -2.11. The number of carboxylic acid groups (broad SMARTS) is 1. The number of halogens is 1. The fourth-order valence-electron chi connectivity index (χ4n) is 3.91. The molecule has 2 heterocycles. The van der Waals surface area contributed by atoms with Crippen molar-refractivity contribution in [3.63, 3.8) is 0 Å². The summed E-state index contributed by atoms with van der Waals surface area (Å²) in [6.07, 6.45) is 3.78. The first-order valence-corrected chi connectivity index (χ1v) is 8.10. The van der Waals surface area contributed by atoms with Crippen LogP contribution in [0, 0.1) is 5.82 Å². The van der Waals surface area contributed by atoms with Gasteiger partial charge in [-0.1, -0.05) is 13.8 Å². The molecule has 0 saturated carbocycles. The van der Waals surface area contributed by atoms with Crippen LogP contribution in [0.25, 0.3) is 10.9 Å². The van der Waals surface area contributed by atoms with Gasteiger partial charge in [-0.2, -0.15) is 0 Å². The molecule has 0 amide bonds. The molecule has 1 N–H and O–H groups in total. The Morgan fingerprint density at radius 2 is 2.09 bits per heavy atom. The van der Waals surface area contributed by atoms with E-state index in [0.717, 1.165) is 47.8 Å². The summed E-state index contributed by atoms with van der Waals surface area (Å²) >= 11 is 0. The Balaban J connectivity index is 2.21. The van der Waals surface area contributed by atoms with Gasteiger partial charge in [0.15, 0.2) is 0 Å². The van der Waals surface area contributed by atoms with Gasteiger partial charge in [-0.15, -0.1) is 0 Å². The molecule has 0 radical (unpaired) electrons. The number of rotatable bonds is 5. The van der Waals surface area contributed by atoms with Gasteiger partial charge in [0.2, 0.25) is 0 Å². The van der Waals surface area contributed by atoms with E-state index in [1.165, 1.54) is 0 Å². The molecule has 3 nitrogen and oxygen atoms in total. The molecule has 118 valence electrons. The normalized spacial score (nSPS) is 17.4. The number of carbonyl (C=O) groups is 1. The minimum absolute atomic E-state index is 0.0106. The van der Waals surface area contributed by atoms with Crippen LogP contribution in [0.3, 0.4) is 0 Å². The molecule has 1 unspecified atom stereocenters. The first-order valence-electron chi connectivity index (χ1n) is 8.10. The van der Waals surface area contributed by atoms with Gasteiger partial charge in [-0.05, 0) is 55.4 Å². The first-order chi connectivity index (χ1) is 10.5. The number of hydrogen-bond donors (Lipinski definition) is 1. The summed E-state index contributed by atoms with van der Waals surface area (Å²) in [6, 6.07) is 5.24. The molecule has 4 heteroatoms. The minimum Gasteiger partial charge on any atom is -0.481 e. The third kappa shape index (κ3) is 2.40. The fourth-order valence-corrected chi connectivity index (χ4v) is 3.91. The summed E-state index contributed by atoms with van der Waals surface area (Å²) in [4.78, 5) is 11.1. The van der Waals surface area contributed by atoms with Gasteiger partial charge in [0.25, 0.3) is 0 Å². The van der Waals surface area contributed by atoms with Crippen molar-refractivity contribution in [3.8, 4) is 0 Å². The highest BCUT2D eigenvalue weighted by Gasteiger charge is 2.28. The largest absolute Gasteiger partial charge is 0.481 e. The molecule has 1 aliphatic heterocycles. The second-order valence-electron chi connectivity index (χ2n) is 6.24. The molecule has 1 aromatic carbocycles. The molecule has 1 aliphatic rings. The molecule has 3 rings (SSSR count). The molecule has 0 aliphatic carbocycles. The van der Waals surface area contributed by atoms with Crippen LogP contribution in [0.1, 0.15) is 62.7 Å². The van der Waals surface area contributed by atoms with Crippen molar-refractivity contribution in [3.05, 3.63) is 35.3 Å². The highest BCUT2D eigenvalue weighted by molar-refractivity contribution is 5.86. The lowest BCUT2D eigenvalue weighted by molar-refractivity contribution is -0.137. The number of aliphatic carboxylic acids is 1. The molecule has 22 heavy (non-hydrogen) atoms. The maximum Gasteiger partial charge on any atom is 0.305 e. The van der Waals surface area contributed by atoms with E-state index in [0.29, 0.717) is 5.92 Å². The van der Waals surface area contributed by atoms with E-state index in [-0.39, 0.29) is 18.3 Å². The monoisotopic (exact) mass is 303 g/mol. The third-order valence-electron chi connectivity index (χ3n) is 4.94. The van der Waals surface area contributed by atoms with E-state index in [1.807, 2.05) is 6.07 Å². The van der Waals surface area contributed by atoms with Gasteiger partial charge in [0.1, 0.15) is 5.82 Å². The van der Waals surface area contributed by atoms with Gasteiger partial charge in [-0.3, -0.25) is 4.79 Å². The zero-order chi connectivity index (χ0) is 15.9. The Hall–Kier alpha value is -1.84. The van der Waals surface area contributed by atoms with E-state index >= 15 is 0 Å². The van der Waals surface area contributed by atoms with Crippen LogP contribution in [0.15, 0.2) is 18.2 Å². The topological polar surface area (TPSA) is 42.2 Å². The van der Waals surface area contributed by atoms with Crippen molar-refractivity contribution in [2.45, 2.75) is 57.9 Å². The van der Waals surface area contributed by atoms with Crippen molar-refractivity contribution in [1.29, 1.82) is 0 Å². The number of hydrogen-bond acceptors (Lipinski definition) is 1. The second kappa shape index (κ2) is 5.75. The van der Waals surface area contributed by atoms with Gasteiger partial charge in [-0.25, -0.2) is 4.39 Å². The van der Waals surface area contributed by atoms with Gasteiger partial charge in [0, 0.05) is 17.1 Å². The standard InChI is InChI=1S/C18H22FNO2/c1-3-11(4-2)16-9-13(19)7-12-8-14-5-6-15(10-17(21)22)20(14)18(12)16/h7-9,11,15H,3-6,10H2,1-2H3,(H,21,22). The summed E-state index contributed by atoms with van der Waals surface area (Å²) in [5.41, 5.74) is 3.22. The molecule has 0 bridgehead atoms. The predicted molar refractivity (Wildman–Crippen MR) is 84.8 cm³/mol. The number of benzene rings is 1. The Labute approximate surface area is 129 Å². The molecule has 1 atom stereocenters. The van der Waals surface area contributed by atoms with Gasteiger partial charge >= 0.3 is 5.97 Å². The zero-order valence-electron chi connectivity index (χ0n) is 13.1. The number of aromatic nitrogens is 1. The SMILES string of the molecule is CCC(CC)c1cc(F)cc2cc3n(c12)C(CC(=O)O)CC3. The summed E-state index contributed by atoms with van der Waals surface area (Å²) in [5.74, 6) is -0.664. The fraction of sp³-hybridized carbons (Fsp3) is 0.500. The lowest BCUT2D eigenvalue weighted by atomic mass is 9.92. The third-order valence-corrected chi connectivity index (χ3v) is 4.94. The van der Waals surface area contributed by atoms with E-state index in [9.17, 15) is 9.18 Å². The summed E-state index contributed by atoms with van der Waals surface area (Å²) in [7, 11) is 0. The van der Waals surface area contributed by atoms with Gasteiger partial charge in [0.05, 0.1) is 11.9 Å². The number of aryl methyl sites for hydroxylation is 1. The number of nitrogens with zero attached hydrogens (tertiary/aromatic N) is 1. The average molecular weight is 303 g/mol. The number of fused-ring (bicyclic) bond motifs is 3. The lowest BCUT2D eigenvalue weighted by Gasteiger charge is -2.19. The van der Waals surface area contributed by atoms with Crippen LogP contribution in [-0.2, 0) is 11.2 Å². The van der Waals surface area contributed by atoms with Crippen molar-refractivity contribution >= 4 is 16.9 Å². The predicted octanol–water partition coefficient (Wildman–Crippen LogP) is 4.65. The molecule has 0 saturated heterocycles. The maximum absolute atomic E-state index is 14.0. The van der Waals surface area contributed by atoms with Crippen molar-refractivity contribution in [1.82, 2.24) is 4.57 Å². The highest BCUT2D eigenvalue weighted by atomic mass is 19.1. The number of carboxylic acids is 1. The van der Waals surface area contributed by atoms with E-state index in [2.05, 4.69) is 18.4 Å². The molecular weight excluding hydrogens is 281 g/mol. The average Bonchev–Trinajstić information content (AvgIpc) is 2.99. The van der Waals surface area contributed by atoms with E-state index in [4.69, 9.17) is 5.11 Å². The van der Waals surface area contributed by atoms with Crippen LogP contribution in [-0.4, -0.2) is 15.6 Å². The van der Waals surface area contributed by atoms with Gasteiger partial charge < -0.3 is 9.67 Å². The summed E-state index contributed by atoms with van der Waals surface area (Å²) in [5, 5.41) is 10.1. The highest BCUT2D eigenvalue weighted by Crippen LogP contribution is 2.40. The second-order valence-corrected chi connectivity index (χ2v) is 6.24. The van der Waals surface area contributed by atoms with Crippen LogP contribution >= 0.6 is 0 Å². The molecule has 2 aromatic rings. The van der Waals surface area contributed by atoms with E-state index in [1.54, 1.807) is 12.1 Å². The van der Waals surface area contributed by atoms with Crippen molar-refractivity contribution in [2.75, 3.05) is 0 Å². The Bertz CT molecular complexity index is 715.